The first-order valence-electron chi connectivity index (χ1n) is 10.6. The van der Waals surface area contributed by atoms with Crippen LogP contribution in [-0.2, 0) is 12.4 Å². The van der Waals surface area contributed by atoms with Gasteiger partial charge in [-0.05, 0) is 55.8 Å². The number of aliphatic hydroxyl groups is 1. The van der Waals surface area contributed by atoms with Gasteiger partial charge in [0.15, 0.2) is 0 Å². The number of benzene rings is 1. The average Bonchev–Trinajstić information content (AvgIpc) is 2.74. The smallest absolute Gasteiger partial charge is 0.387 e. The van der Waals surface area contributed by atoms with E-state index in [1.165, 1.54) is 6.07 Å². The van der Waals surface area contributed by atoms with Gasteiger partial charge in [-0.3, -0.25) is 0 Å². The van der Waals surface area contributed by atoms with E-state index >= 15 is 0 Å². The molecule has 0 aliphatic carbocycles. The third kappa shape index (κ3) is 7.48. The Balaban J connectivity index is 2.38. The molecule has 2 aromatic rings. The van der Waals surface area contributed by atoms with Crippen LogP contribution in [0.3, 0.4) is 0 Å². The predicted octanol–water partition coefficient (Wildman–Crippen LogP) is 6.72. The molecule has 0 radical (unpaired) electrons. The number of rotatable bonds is 10. The van der Waals surface area contributed by atoms with Crippen LogP contribution in [0.1, 0.15) is 62.5 Å². The molecule has 0 saturated carbocycles. The maximum absolute atomic E-state index is 13.4. The first-order chi connectivity index (χ1) is 15.0. The van der Waals surface area contributed by atoms with Crippen molar-refractivity contribution in [3.05, 3.63) is 53.2 Å². The third-order valence-electron chi connectivity index (χ3n) is 5.12. The van der Waals surface area contributed by atoms with Crippen LogP contribution in [0, 0.1) is 0 Å². The minimum atomic E-state index is -4.76. The summed E-state index contributed by atoms with van der Waals surface area (Å²) >= 11 is 0. The van der Waals surface area contributed by atoms with Crippen molar-refractivity contribution in [2.24, 2.45) is 0 Å². The molecule has 32 heavy (non-hydrogen) atoms. The van der Waals surface area contributed by atoms with Gasteiger partial charge in [0.1, 0.15) is 5.69 Å². The normalized spacial score (nSPS) is 13.6. The lowest BCUT2D eigenvalue weighted by Gasteiger charge is -2.25. The Morgan fingerprint density at radius 3 is 1.91 bits per heavy atom. The lowest BCUT2D eigenvalue weighted by atomic mass is 10.0. The van der Waals surface area contributed by atoms with E-state index in [-0.39, 0.29) is 23.4 Å². The summed E-state index contributed by atoms with van der Waals surface area (Å²) in [5.74, 6) is 0. The van der Waals surface area contributed by atoms with Crippen LogP contribution in [-0.4, -0.2) is 34.6 Å². The molecule has 0 bridgehead atoms. The first kappa shape index (κ1) is 26.1. The van der Waals surface area contributed by atoms with Crippen LogP contribution < -0.4 is 0 Å². The summed E-state index contributed by atoms with van der Waals surface area (Å²) in [5, 5.41) is 10.7. The quantitative estimate of drug-likeness (QED) is 0.398. The lowest BCUT2D eigenvalue weighted by molar-refractivity contribution is -0.141. The summed E-state index contributed by atoms with van der Waals surface area (Å²) in [6, 6.07) is 5.86. The molecule has 178 valence electrons. The molecule has 1 aromatic carbocycles. The van der Waals surface area contributed by atoms with E-state index < -0.39 is 29.7 Å². The molecule has 0 aliphatic heterocycles. The molecule has 1 N–H and O–H groups in total. The zero-order valence-electron chi connectivity index (χ0n) is 18.1. The summed E-state index contributed by atoms with van der Waals surface area (Å²) in [6.45, 7) is 5.66. The van der Waals surface area contributed by atoms with E-state index in [1.807, 2.05) is 18.7 Å². The minimum absolute atomic E-state index is 0.0280. The second-order valence-corrected chi connectivity index (χ2v) is 7.77. The van der Waals surface area contributed by atoms with E-state index in [1.54, 1.807) is 0 Å². The zero-order chi connectivity index (χ0) is 23.9. The van der Waals surface area contributed by atoms with E-state index in [2.05, 4.69) is 4.98 Å². The maximum Gasteiger partial charge on any atom is 0.433 e. The molecule has 1 unspecified atom stereocenters. The highest BCUT2D eigenvalue weighted by Crippen LogP contribution is 2.34. The Hall–Kier alpha value is -2.13. The zero-order valence-corrected chi connectivity index (χ0v) is 18.1. The van der Waals surface area contributed by atoms with Gasteiger partial charge in [0.25, 0.3) is 0 Å². The first-order valence-corrected chi connectivity index (χ1v) is 10.6. The van der Waals surface area contributed by atoms with Gasteiger partial charge in [-0.25, -0.2) is 4.98 Å². The van der Waals surface area contributed by atoms with Crippen LogP contribution in [0.15, 0.2) is 36.4 Å². The number of alkyl halides is 6. The number of hydrogen-bond donors (Lipinski definition) is 1. The van der Waals surface area contributed by atoms with Gasteiger partial charge >= 0.3 is 12.4 Å². The summed E-state index contributed by atoms with van der Waals surface area (Å²) in [6.07, 6.45) is -6.81. The van der Waals surface area contributed by atoms with Gasteiger partial charge in [-0.15, -0.1) is 0 Å². The van der Waals surface area contributed by atoms with Gasteiger partial charge in [0.05, 0.1) is 17.4 Å². The molecular formula is C23H28F6N2O. The van der Waals surface area contributed by atoms with Gasteiger partial charge in [-0.2, -0.15) is 26.3 Å². The molecule has 1 atom stereocenters. The number of unbranched alkanes of at least 4 members (excludes halogenated alkanes) is 2. The predicted molar refractivity (Wildman–Crippen MR) is 111 cm³/mol. The van der Waals surface area contributed by atoms with Gasteiger partial charge < -0.3 is 10.0 Å². The van der Waals surface area contributed by atoms with Crippen molar-refractivity contribution in [3.63, 3.8) is 0 Å². The molecular weight excluding hydrogens is 434 g/mol. The monoisotopic (exact) mass is 462 g/mol. The molecule has 1 heterocycles. The highest BCUT2D eigenvalue weighted by Gasteiger charge is 2.34. The van der Waals surface area contributed by atoms with Crippen molar-refractivity contribution >= 4 is 0 Å². The number of hydrogen-bond acceptors (Lipinski definition) is 3. The lowest BCUT2D eigenvalue weighted by Crippen LogP contribution is -2.31. The highest BCUT2D eigenvalue weighted by atomic mass is 19.4. The second kappa shape index (κ2) is 11.1. The van der Waals surface area contributed by atoms with Crippen molar-refractivity contribution in [2.75, 3.05) is 19.6 Å². The summed E-state index contributed by atoms with van der Waals surface area (Å²) in [7, 11) is 0. The molecule has 0 spiro atoms. The van der Waals surface area contributed by atoms with Crippen LogP contribution in [0.2, 0.25) is 0 Å². The topological polar surface area (TPSA) is 36.4 Å². The minimum Gasteiger partial charge on any atom is -0.387 e. The number of halogens is 6. The number of aromatic nitrogens is 1. The number of aliphatic hydroxyl groups excluding tert-OH is 1. The van der Waals surface area contributed by atoms with Crippen LogP contribution in [0.5, 0.6) is 0 Å². The molecule has 2 rings (SSSR count). The number of pyridine rings is 1. The fourth-order valence-electron chi connectivity index (χ4n) is 3.27. The fraction of sp³-hybridized carbons (Fsp3) is 0.522. The van der Waals surface area contributed by atoms with Crippen molar-refractivity contribution in [2.45, 2.75) is 58.0 Å². The van der Waals surface area contributed by atoms with Crippen molar-refractivity contribution in [1.82, 2.24) is 9.88 Å². The Labute approximate surface area is 184 Å². The van der Waals surface area contributed by atoms with Crippen molar-refractivity contribution < 1.29 is 31.4 Å². The Morgan fingerprint density at radius 2 is 1.44 bits per heavy atom. The highest BCUT2D eigenvalue weighted by molar-refractivity contribution is 5.61. The molecule has 0 fully saturated rings. The van der Waals surface area contributed by atoms with Crippen LogP contribution in [0.4, 0.5) is 26.3 Å². The van der Waals surface area contributed by atoms with E-state index in [0.29, 0.717) is 0 Å². The largest absolute Gasteiger partial charge is 0.433 e. The van der Waals surface area contributed by atoms with Gasteiger partial charge in [-0.1, -0.05) is 38.8 Å². The van der Waals surface area contributed by atoms with Crippen LogP contribution >= 0.6 is 0 Å². The maximum atomic E-state index is 13.4. The Bertz CT molecular complexity index is 841. The second-order valence-electron chi connectivity index (χ2n) is 7.77. The molecule has 1 aromatic heterocycles. The Kier molecular flexibility index (Phi) is 9.09. The summed E-state index contributed by atoms with van der Waals surface area (Å²) in [4.78, 5) is 5.61. The molecule has 0 amide bonds. The third-order valence-corrected chi connectivity index (χ3v) is 5.12. The Morgan fingerprint density at radius 1 is 0.875 bits per heavy atom. The summed E-state index contributed by atoms with van der Waals surface area (Å²) in [5.41, 5.74) is -2.11. The van der Waals surface area contributed by atoms with Crippen molar-refractivity contribution in [1.29, 1.82) is 0 Å². The van der Waals surface area contributed by atoms with Gasteiger partial charge in [0.2, 0.25) is 0 Å². The summed E-state index contributed by atoms with van der Waals surface area (Å²) < 4.78 is 78.7. The molecule has 3 nitrogen and oxygen atoms in total. The number of nitrogens with zero attached hydrogens (tertiary/aromatic N) is 2. The molecule has 9 heteroatoms. The average molecular weight is 462 g/mol. The van der Waals surface area contributed by atoms with E-state index in [0.717, 1.165) is 69.1 Å². The molecule has 0 saturated heterocycles. The van der Waals surface area contributed by atoms with E-state index in [9.17, 15) is 31.4 Å². The van der Waals surface area contributed by atoms with Gasteiger partial charge in [0, 0.05) is 12.1 Å². The van der Waals surface area contributed by atoms with Crippen LogP contribution in [0.25, 0.3) is 11.3 Å². The van der Waals surface area contributed by atoms with E-state index in [4.69, 9.17) is 0 Å². The molecule has 0 aliphatic rings. The fourth-order valence-corrected chi connectivity index (χ4v) is 3.27. The standard InChI is InChI=1S/C23H28F6N2O/c1-3-5-11-31(12-6-4-2)15-20(32)17-13-19(30-21(14-17)23(27,28)29)16-7-9-18(10-8-16)22(24,25)26/h7-10,13-14,20,32H,3-6,11-12,15H2,1-2H3. The SMILES string of the molecule is CCCCN(CCCC)CC(O)c1cc(-c2ccc(C(F)(F)F)cc2)nc(C(F)(F)F)c1. The van der Waals surface area contributed by atoms with Crippen molar-refractivity contribution in [3.8, 4) is 11.3 Å².